The van der Waals surface area contributed by atoms with Crippen molar-refractivity contribution >= 4 is 34.9 Å². The number of carbonyl (C=O) groups is 3. The number of nitrogen functional groups attached to an aromatic ring is 1. The third-order valence-electron chi connectivity index (χ3n) is 9.30. The number of azide groups is 1. The van der Waals surface area contributed by atoms with Crippen molar-refractivity contribution < 1.29 is 27.9 Å². The van der Waals surface area contributed by atoms with Crippen LogP contribution in [0.1, 0.15) is 64.2 Å². The first-order chi connectivity index (χ1) is 23.0. The summed E-state index contributed by atoms with van der Waals surface area (Å²) in [5.41, 5.74) is 14.7. The fourth-order valence-corrected chi connectivity index (χ4v) is 7.66. The van der Waals surface area contributed by atoms with Crippen LogP contribution in [0.3, 0.4) is 0 Å². The second-order valence-electron chi connectivity index (χ2n) is 12.4. The normalized spacial score (nSPS) is 21.7. The summed E-state index contributed by atoms with van der Waals surface area (Å²) in [5, 5.41) is 18.5. The number of hydrogen-bond acceptors (Lipinski definition) is 7. The third kappa shape index (κ3) is 6.12. The number of amides is 3. The van der Waals surface area contributed by atoms with E-state index < -0.39 is 41.8 Å². The molecule has 2 heterocycles. The van der Waals surface area contributed by atoms with Crippen LogP contribution in [-0.4, -0.2) is 66.8 Å². The molecule has 3 aliphatic rings. The van der Waals surface area contributed by atoms with Gasteiger partial charge in [0, 0.05) is 62.0 Å². The number of piperidine rings is 1. The fourth-order valence-electron chi connectivity index (χ4n) is 6.75. The fraction of sp³-hybridized carbons (Fsp3) is 0.394. The number of nitrogens with two attached hydrogens (primary N) is 1. The molecule has 1 saturated carbocycles. The van der Waals surface area contributed by atoms with Gasteiger partial charge in [-0.05, 0) is 61.0 Å². The number of ether oxygens (including phenoxy) is 1. The Morgan fingerprint density at radius 2 is 1.94 bits per heavy atom. The molecule has 12 nitrogen and oxygen atoms in total. The van der Waals surface area contributed by atoms with E-state index in [2.05, 4.69) is 20.7 Å². The summed E-state index contributed by atoms with van der Waals surface area (Å²) >= 11 is 1.36. The topological polar surface area (TPSA) is 186 Å². The highest BCUT2D eigenvalue weighted by atomic mass is 32.1. The Bertz CT molecular complexity index is 1840. The van der Waals surface area contributed by atoms with Gasteiger partial charge in [-0.1, -0.05) is 35.4 Å². The number of alkyl halides is 2. The Labute approximate surface area is 278 Å². The maximum atomic E-state index is 15.0. The quantitative estimate of drug-likeness (QED) is 0.0503. The molecule has 3 amide bonds. The Kier molecular flexibility index (Phi) is 8.94. The van der Waals surface area contributed by atoms with Crippen molar-refractivity contribution in [1.82, 2.24) is 15.5 Å². The number of amidine groups is 1. The van der Waals surface area contributed by atoms with Gasteiger partial charge in [0.1, 0.15) is 11.9 Å². The summed E-state index contributed by atoms with van der Waals surface area (Å²) in [4.78, 5) is 45.6. The van der Waals surface area contributed by atoms with Gasteiger partial charge in [0.15, 0.2) is 0 Å². The van der Waals surface area contributed by atoms with Gasteiger partial charge in [0.05, 0.1) is 19.2 Å². The van der Waals surface area contributed by atoms with Crippen LogP contribution in [0.15, 0.2) is 59.0 Å². The van der Waals surface area contributed by atoms with E-state index in [0.29, 0.717) is 50.1 Å². The third-order valence-corrected chi connectivity index (χ3v) is 10.4. The largest absolute Gasteiger partial charge is 0.384 e. The zero-order chi connectivity index (χ0) is 34.2. The minimum absolute atomic E-state index is 0.0743. The molecule has 250 valence electrons. The van der Waals surface area contributed by atoms with Crippen molar-refractivity contribution in [3.05, 3.63) is 91.5 Å². The Balaban J connectivity index is 1.14. The van der Waals surface area contributed by atoms with Crippen molar-refractivity contribution in [2.75, 3.05) is 26.3 Å². The lowest BCUT2D eigenvalue weighted by atomic mass is 10.00. The van der Waals surface area contributed by atoms with Gasteiger partial charge in [-0.25, -0.2) is 0 Å². The lowest BCUT2D eigenvalue weighted by Crippen LogP contribution is -2.51. The molecule has 6 rings (SSSR count). The number of likely N-dealkylation sites (tertiary alicyclic amines) is 1. The zero-order valence-corrected chi connectivity index (χ0v) is 26.9. The van der Waals surface area contributed by atoms with E-state index in [1.54, 1.807) is 29.6 Å². The number of thiophene rings is 1. The number of halogens is 2. The monoisotopic (exact) mass is 676 g/mol. The zero-order valence-electron chi connectivity index (χ0n) is 26.0. The van der Waals surface area contributed by atoms with Crippen LogP contribution in [0, 0.1) is 10.8 Å². The van der Waals surface area contributed by atoms with Gasteiger partial charge >= 0.3 is 0 Å². The number of benzene rings is 2. The van der Waals surface area contributed by atoms with E-state index in [9.17, 15) is 23.2 Å². The molecule has 3 aromatic rings. The number of rotatable bonds is 13. The van der Waals surface area contributed by atoms with E-state index in [-0.39, 0.29) is 40.0 Å². The lowest BCUT2D eigenvalue weighted by molar-refractivity contribution is -0.139. The molecule has 1 aromatic heterocycles. The highest BCUT2D eigenvalue weighted by molar-refractivity contribution is 7.10. The van der Waals surface area contributed by atoms with Crippen molar-refractivity contribution in [1.29, 1.82) is 5.41 Å². The molecule has 1 saturated heterocycles. The van der Waals surface area contributed by atoms with E-state index >= 15 is 0 Å². The molecule has 48 heavy (non-hydrogen) atoms. The molecule has 2 fully saturated rings. The molecule has 0 bridgehead atoms. The highest BCUT2D eigenvalue weighted by Gasteiger charge is 2.67. The maximum Gasteiger partial charge on any atom is 0.299 e. The summed E-state index contributed by atoms with van der Waals surface area (Å²) < 4.78 is 35.9. The molecule has 2 aromatic carbocycles. The van der Waals surface area contributed by atoms with Crippen molar-refractivity contribution in [2.45, 2.75) is 50.2 Å². The molecule has 4 atom stereocenters. The standard InChI is InChI=1S/C33H34F2N8O4S/c1-18(26-12-20(16-48-26)29(36)37)41-31(46)25-13-32(17-47-10-4-9-40-42-38)14-27(32)43(25)28(44)15-39-30(45)19-7-8-24-22(11-19)21-5-2-3-6-23(21)33(24,34)35/h2-3,5-8,11-12,16,18,25,27H,4,9-10,13-15,17H2,1H3,(H3,36,37)(H,39,45)(H,41,46)/t18-,25+,27+,32-/m1/s1. The minimum Gasteiger partial charge on any atom is -0.384 e. The Morgan fingerprint density at radius 3 is 2.69 bits per heavy atom. The number of hydrogen-bond donors (Lipinski definition) is 4. The van der Waals surface area contributed by atoms with Crippen LogP contribution in [-0.2, 0) is 20.2 Å². The van der Waals surface area contributed by atoms with E-state index in [1.807, 2.05) is 6.92 Å². The highest BCUT2D eigenvalue weighted by Crippen LogP contribution is 2.59. The number of nitrogens with zero attached hydrogens (tertiary/aromatic N) is 4. The van der Waals surface area contributed by atoms with E-state index in [1.165, 1.54) is 40.5 Å². The number of nitrogens with one attached hydrogen (secondary N) is 3. The van der Waals surface area contributed by atoms with Crippen LogP contribution < -0.4 is 16.4 Å². The molecule has 0 radical (unpaired) electrons. The minimum atomic E-state index is -3.18. The van der Waals surface area contributed by atoms with E-state index in [0.717, 1.165) is 4.88 Å². The smallest absolute Gasteiger partial charge is 0.299 e. The van der Waals surface area contributed by atoms with Crippen molar-refractivity contribution in [2.24, 2.45) is 16.3 Å². The summed E-state index contributed by atoms with van der Waals surface area (Å²) in [5.74, 6) is -4.65. The summed E-state index contributed by atoms with van der Waals surface area (Å²) in [7, 11) is 0. The van der Waals surface area contributed by atoms with Crippen LogP contribution in [0.4, 0.5) is 8.78 Å². The molecule has 1 aliphatic heterocycles. The van der Waals surface area contributed by atoms with Crippen molar-refractivity contribution in [3.8, 4) is 11.1 Å². The first-order valence-corrected chi connectivity index (χ1v) is 16.4. The van der Waals surface area contributed by atoms with Gasteiger partial charge in [-0.15, -0.1) is 11.3 Å². The van der Waals surface area contributed by atoms with Crippen LogP contribution in [0.25, 0.3) is 21.6 Å². The molecular weight excluding hydrogens is 642 g/mol. The van der Waals surface area contributed by atoms with Crippen LogP contribution >= 0.6 is 11.3 Å². The Morgan fingerprint density at radius 1 is 1.17 bits per heavy atom. The predicted octanol–water partition coefficient (Wildman–Crippen LogP) is 4.84. The maximum absolute atomic E-state index is 15.0. The summed E-state index contributed by atoms with van der Waals surface area (Å²) in [6.07, 6.45) is 1.54. The van der Waals surface area contributed by atoms with Gasteiger partial charge < -0.3 is 26.0 Å². The molecule has 5 N–H and O–H groups in total. The second-order valence-corrected chi connectivity index (χ2v) is 13.4. The SMILES string of the molecule is C[C@@H](NC(=O)[C@@H]1C[C@]2(COCCCN=[N+]=[N-])C[C@@H]2N1C(=O)CNC(=O)c1ccc2c(c1)-c1ccccc1C2(F)F)c1cc(C(=N)N)cs1. The number of fused-ring (bicyclic) bond motifs is 4. The molecule has 2 aliphatic carbocycles. The second kappa shape index (κ2) is 13.0. The van der Waals surface area contributed by atoms with Gasteiger partial charge in [-0.2, -0.15) is 8.78 Å². The lowest BCUT2D eigenvalue weighted by Gasteiger charge is -2.28. The summed E-state index contributed by atoms with van der Waals surface area (Å²) in [6.45, 7) is 2.39. The molecular formula is C33H34F2N8O4S. The van der Waals surface area contributed by atoms with Gasteiger partial charge in [-0.3, -0.25) is 19.8 Å². The molecule has 0 spiro atoms. The van der Waals surface area contributed by atoms with E-state index in [4.69, 9.17) is 21.4 Å². The predicted molar refractivity (Wildman–Crippen MR) is 175 cm³/mol. The van der Waals surface area contributed by atoms with Gasteiger partial charge in [0.25, 0.3) is 11.8 Å². The average Bonchev–Trinajstić information content (AvgIpc) is 3.35. The van der Waals surface area contributed by atoms with Crippen LogP contribution in [0.5, 0.6) is 0 Å². The molecule has 0 unspecified atom stereocenters. The Hall–Kier alpha value is -4.85. The van der Waals surface area contributed by atoms with Crippen LogP contribution in [0.2, 0.25) is 0 Å². The first kappa shape index (κ1) is 33.1. The summed E-state index contributed by atoms with van der Waals surface area (Å²) in [6, 6.07) is 10.4. The first-order valence-electron chi connectivity index (χ1n) is 15.5. The van der Waals surface area contributed by atoms with Crippen molar-refractivity contribution in [3.63, 3.8) is 0 Å². The average molecular weight is 677 g/mol. The molecule has 15 heteroatoms. The number of carbonyl (C=O) groups excluding carboxylic acids is 3. The van der Waals surface area contributed by atoms with Gasteiger partial charge in [0.2, 0.25) is 11.8 Å².